The summed E-state index contributed by atoms with van der Waals surface area (Å²) in [4.78, 5) is 20.3. The number of ketones is 1. The third kappa shape index (κ3) is 5.50. The Bertz CT molecular complexity index is 3420. The van der Waals surface area contributed by atoms with E-state index in [0.717, 1.165) is 48.1 Å². The number of fused-ring (bicyclic) bond motifs is 9. The van der Waals surface area contributed by atoms with Gasteiger partial charge in [-0.15, -0.1) is 0 Å². The fourth-order valence-electron chi connectivity index (χ4n) is 15.4. The van der Waals surface area contributed by atoms with E-state index in [4.69, 9.17) is 0 Å². The molecule has 0 saturated heterocycles. The Morgan fingerprint density at radius 2 is 1.04 bits per heavy atom. The molecule has 0 aromatic heterocycles. The number of nitrogens with zero attached hydrogens (tertiary/aromatic N) is 2. The van der Waals surface area contributed by atoms with Crippen LogP contribution in [0, 0.1) is 11.8 Å². The Morgan fingerprint density at radius 1 is 0.486 bits per heavy atom. The topological polar surface area (TPSA) is 23.6 Å². The molecular weight excluding hydrogens is 849 g/mol. The van der Waals surface area contributed by atoms with E-state index in [2.05, 4.69) is 226 Å². The summed E-state index contributed by atoms with van der Waals surface area (Å²) < 4.78 is 0. The van der Waals surface area contributed by atoms with Crippen LogP contribution in [0.1, 0.15) is 169 Å². The minimum absolute atomic E-state index is 0.0372. The summed E-state index contributed by atoms with van der Waals surface area (Å²) in [5, 5.41) is 0. The molecule has 2 unspecified atom stereocenters. The molecule has 0 spiro atoms. The van der Waals surface area contributed by atoms with Crippen LogP contribution in [0.25, 0.3) is 5.57 Å². The van der Waals surface area contributed by atoms with Gasteiger partial charge in [-0.05, 0) is 152 Å². The number of carbonyl (C=O) groups is 1. The minimum Gasteiger partial charge on any atom is -0.314 e. The summed E-state index contributed by atoms with van der Waals surface area (Å²) in [5.41, 5.74) is 24.4. The van der Waals surface area contributed by atoms with Crippen LogP contribution in [0.15, 0.2) is 156 Å². The molecule has 3 nitrogen and oxygen atoms in total. The maximum absolute atomic E-state index is 15.3. The van der Waals surface area contributed by atoms with Crippen molar-refractivity contribution in [3.63, 3.8) is 0 Å². The van der Waals surface area contributed by atoms with Crippen LogP contribution in [-0.4, -0.2) is 5.78 Å². The molecule has 2 heterocycles. The monoisotopic (exact) mass is 917 g/mol. The normalized spacial score (nSPS) is 24.5. The molecule has 13 rings (SSSR count). The minimum atomic E-state index is -0.234. The Kier molecular flexibility index (Phi) is 8.78. The Hall–Kier alpha value is -6.19. The zero-order valence-corrected chi connectivity index (χ0v) is 43.5. The van der Waals surface area contributed by atoms with Crippen molar-refractivity contribution in [2.75, 3.05) is 9.80 Å². The summed E-state index contributed by atoms with van der Waals surface area (Å²) in [5.74, 6) is 0.960. The number of Topliss-reactive ketones (excluding diaryl/α,β-unsaturated/α-hetero) is 1. The average Bonchev–Trinajstić information content (AvgIpc) is 3.62. The second kappa shape index (κ2) is 14.0. The van der Waals surface area contributed by atoms with E-state index in [0.29, 0.717) is 11.8 Å². The standard InChI is InChI=1S/C67H68N2O/c1-62(2)45-21-13-15-23-47(45)64(5,6)53-37-59-55(35-51(53)62)66(9,10)49-25-17-19-27-57(49)68(59)39-29-31-41-42-32-30-40(34-44(42)61(70)43(41)33-39)69-58-28-20-18-26-50(58)67(11,12)56-36-52-54(38-60(56)69)65(7,8)48-24-16-14-22-46(48)63(52,3)4/h13-15,17-23,25-28,30,32-38,45,47H,16,24,29,31H2,1-12H3. The van der Waals surface area contributed by atoms with Crippen molar-refractivity contribution < 1.29 is 4.79 Å². The molecule has 0 amide bonds. The first-order valence-corrected chi connectivity index (χ1v) is 26.2. The predicted molar refractivity (Wildman–Crippen MR) is 292 cm³/mol. The molecule has 2 atom stereocenters. The highest BCUT2D eigenvalue weighted by atomic mass is 16.1. The summed E-state index contributed by atoms with van der Waals surface area (Å²) in [6.45, 7) is 29.2. The van der Waals surface area contributed by atoms with Gasteiger partial charge < -0.3 is 9.80 Å². The second-order valence-electron chi connectivity index (χ2n) is 25.2. The number of rotatable bonds is 2. The average molecular weight is 917 g/mol. The van der Waals surface area contributed by atoms with Gasteiger partial charge in [0.1, 0.15) is 0 Å². The molecular formula is C67H68N2O. The summed E-state index contributed by atoms with van der Waals surface area (Å²) in [7, 11) is 0. The Morgan fingerprint density at radius 3 is 1.70 bits per heavy atom. The quantitative estimate of drug-likeness (QED) is 0.176. The Labute approximate surface area is 417 Å². The van der Waals surface area contributed by atoms with Gasteiger partial charge in [-0.1, -0.05) is 180 Å². The highest BCUT2D eigenvalue weighted by Crippen LogP contribution is 2.62. The molecule has 0 bridgehead atoms. The smallest absolute Gasteiger partial charge is 0.194 e. The zero-order chi connectivity index (χ0) is 48.8. The van der Waals surface area contributed by atoms with Crippen LogP contribution in [0.2, 0.25) is 0 Å². The first kappa shape index (κ1) is 43.8. The fraction of sp³-hybridized carbons (Fsp3) is 0.358. The molecule has 0 fully saturated rings. The van der Waals surface area contributed by atoms with Gasteiger partial charge in [-0.2, -0.15) is 0 Å². The molecule has 2 aliphatic heterocycles. The van der Waals surface area contributed by atoms with E-state index in [1.165, 1.54) is 84.1 Å². The zero-order valence-electron chi connectivity index (χ0n) is 43.5. The van der Waals surface area contributed by atoms with E-state index in [1.54, 1.807) is 5.57 Å². The SMILES string of the molecule is CC1(C)C2=C(CCC=C2)C(C)(C)c2cc3c(cc21)C(C)(C)c1ccccc1N3c1ccc2c(c1)C(=O)C1=C2CCC(N2c3ccccc3C(C)(C)c3cc4c(cc32)C(C)(C)C2C=CC=CC2C4(C)C)=C1. The lowest BCUT2D eigenvalue weighted by atomic mass is 9.51. The lowest BCUT2D eigenvalue weighted by molar-refractivity contribution is 0.104. The molecule has 6 aliphatic carbocycles. The van der Waals surface area contributed by atoms with Gasteiger partial charge in [0.15, 0.2) is 5.78 Å². The summed E-state index contributed by atoms with van der Waals surface area (Å²) in [6, 6.07) is 35.0. The maximum Gasteiger partial charge on any atom is 0.194 e. The van der Waals surface area contributed by atoms with E-state index < -0.39 is 0 Å². The lowest BCUT2D eigenvalue weighted by Crippen LogP contribution is -2.48. The summed E-state index contributed by atoms with van der Waals surface area (Å²) >= 11 is 0. The molecule has 5 aromatic carbocycles. The van der Waals surface area contributed by atoms with Gasteiger partial charge in [0.2, 0.25) is 0 Å². The van der Waals surface area contributed by atoms with Crippen molar-refractivity contribution >= 4 is 39.8 Å². The van der Waals surface area contributed by atoms with E-state index in [1.807, 2.05) is 0 Å². The van der Waals surface area contributed by atoms with Gasteiger partial charge in [-0.25, -0.2) is 0 Å². The van der Waals surface area contributed by atoms with Gasteiger partial charge in [0, 0.05) is 49.9 Å². The van der Waals surface area contributed by atoms with Crippen LogP contribution in [-0.2, 0) is 32.5 Å². The van der Waals surface area contributed by atoms with Crippen molar-refractivity contribution in [3.05, 3.63) is 212 Å². The molecule has 3 heteroatoms. The number of benzene rings is 5. The number of anilines is 5. The Balaban J connectivity index is 0.932. The second-order valence-corrected chi connectivity index (χ2v) is 25.2. The molecule has 8 aliphatic rings. The molecule has 0 radical (unpaired) electrons. The molecule has 352 valence electrons. The van der Waals surface area contributed by atoms with E-state index >= 15 is 4.79 Å². The molecule has 5 aromatic rings. The number of allylic oxidation sites excluding steroid dienone is 12. The lowest BCUT2D eigenvalue weighted by Gasteiger charge is -2.54. The van der Waals surface area contributed by atoms with Crippen molar-refractivity contribution in [2.45, 2.75) is 141 Å². The number of para-hydroxylation sites is 2. The van der Waals surface area contributed by atoms with Crippen molar-refractivity contribution in [1.29, 1.82) is 0 Å². The van der Waals surface area contributed by atoms with Gasteiger partial charge in [-0.3, -0.25) is 4.79 Å². The number of hydrogen-bond donors (Lipinski definition) is 0. The maximum atomic E-state index is 15.3. The van der Waals surface area contributed by atoms with Crippen LogP contribution in [0.5, 0.6) is 0 Å². The van der Waals surface area contributed by atoms with Crippen molar-refractivity contribution in [2.24, 2.45) is 11.8 Å². The van der Waals surface area contributed by atoms with Gasteiger partial charge >= 0.3 is 0 Å². The largest absolute Gasteiger partial charge is 0.314 e. The van der Waals surface area contributed by atoms with Crippen molar-refractivity contribution in [3.8, 4) is 0 Å². The fourth-order valence-corrected chi connectivity index (χ4v) is 15.4. The molecule has 0 saturated carbocycles. The van der Waals surface area contributed by atoms with E-state index in [9.17, 15) is 0 Å². The van der Waals surface area contributed by atoms with Crippen LogP contribution < -0.4 is 9.80 Å². The first-order chi connectivity index (χ1) is 33.2. The van der Waals surface area contributed by atoms with Crippen molar-refractivity contribution in [1.82, 2.24) is 0 Å². The van der Waals surface area contributed by atoms with Crippen LogP contribution >= 0.6 is 0 Å². The highest BCUT2D eigenvalue weighted by molar-refractivity contribution is 6.23. The van der Waals surface area contributed by atoms with Crippen LogP contribution in [0.3, 0.4) is 0 Å². The third-order valence-electron chi connectivity index (χ3n) is 19.5. The predicted octanol–water partition coefficient (Wildman–Crippen LogP) is 17.0. The molecule has 0 N–H and O–H groups in total. The van der Waals surface area contributed by atoms with E-state index in [-0.39, 0.29) is 38.3 Å². The van der Waals surface area contributed by atoms with Crippen LogP contribution in [0.4, 0.5) is 28.4 Å². The first-order valence-electron chi connectivity index (χ1n) is 26.2. The third-order valence-corrected chi connectivity index (χ3v) is 19.5. The highest BCUT2D eigenvalue weighted by Gasteiger charge is 2.52. The summed E-state index contributed by atoms with van der Waals surface area (Å²) in [6.07, 6.45) is 20.3. The number of hydrogen-bond acceptors (Lipinski definition) is 3. The van der Waals surface area contributed by atoms with Gasteiger partial charge in [0.25, 0.3) is 0 Å². The van der Waals surface area contributed by atoms with Gasteiger partial charge in [0.05, 0.1) is 17.1 Å². The number of carbonyl (C=O) groups excluding carboxylic acids is 1. The molecule has 70 heavy (non-hydrogen) atoms.